The second kappa shape index (κ2) is 6.63. The van der Waals surface area contributed by atoms with Crippen molar-refractivity contribution in [1.82, 2.24) is 0 Å². The summed E-state index contributed by atoms with van der Waals surface area (Å²) in [6.45, 7) is 0. The second-order valence-corrected chi connectivity index (χ2v) is 7.74. The van der Waals surface area contributed by atoms with E-state index in [9.17, 15) is 4.79 Å². The Morgan fingerprint density at radius 1 is 1.05 bits per heavy atom. The summed E-state index contributed by atoms with van der Waals surface area (Å²) in [5.74, 6) is -0.261. The Kier molecular flexibility index (Phi) is 4.60. The van der Waals surface area contributed by atoms with E-state index >= 15 is 0 Å². The zero-order chi connectivity index (χ0) is 15.4. The largest absolute Gasteiger partial charge is 0.465 e. The number of carbonyl (C=O) groups excluding carboxylic acids is 1. The van der Waals surface area contributed by atoms with E-state index < -0.39 is 0 Å². The first-order valence-corrected chi connectivity index (χ1v) is 8.68. The Balaban J connectivity index is 1.93. The molecule has 2 aromatic carbocycles. The van der Waals surface area contributed by atoms with Crippen molar-refractivity contribution in [3.05, 3.63) is 82.1 Å². The van der Waals surface area contributed by atoms with Crippen LogP contribution < -0.4 is 0 Å². The molecule has 1 aliphatic rings. The molecule has 0 N–H and O–H groups in total. The fourth-order valence-corrected chi connectivity index (χ4v) is 5.30. The van der Waals surface area contributed by atoms with Crippen molar-refractivity contribution in [1.29, 1.82) is 0 Å². The molecular formula is C18H16O2S2. The highest BCUT2D eigenvalue weighted by atomic mass is 32.2. The van der Waals surface area contributed by atoms with Crippen molar-refractivity contribution in [2.75, 3.05) is 7.11 Å². The van der Waals surface area contributed by atoms with E-state index in [0.29, 0.717) is 4.91 Å². The second-order valence-electron chi connectivity index (χ2n) is 4.97. The smallest absolute Gasteiger partial charge is 0.344 e. The molecule has 2 aromatic rings. The lowest BCUT2D eigenvalue weighted by atomic mass is 10.0. The van der Waals surface area contributed by atoms with E-state index in [1.807, 2.05) is 41.8 Å². The maximum absolute atomic E-state index is 11.9. The van der Waals surface area contributed by atoms with Crippen LogP contribution in [-0.4, -0.2) is 13.1 Å². The summed E-state index contributed by atoms with van der Waals surface area (Å²) in [6, 6.07) is 20.7. The molecule has 3 rings (SSSR count). The van der Waals surface area contributed by atoms with Gasteiger partial charge in [-0.05, 0) is 16.5 Å². The zero-order valence-corrected chi connectivity index (χ0v) is 13.8. The molecule has 0 fully saturated rings. The third-order valence-corrected chi connectivity index (χ3v) is 6.53. The normalized spacial score (nSPS) is 20.5. The van der Waals surface area contributed by atoms with Gasteiger partial charge in [0.05, 0.1) is 11.2 Å². The lowest BCUT2D eigenvalue weighted by Crippen LogP contribution is -2.19. The highest BCUT2D eigenvalue weighted by molar-refractivity contribution is 8.23. The predicted octanol–water partition coefficient (Wildman–Crippen LogP) is 4.58. The highest BCUT2D eigenvalue weighted by Gasteiger charge is 2.40. The minimum Gasteiger partial charge on any atom is -0.465 e. The van der Waals surface area contributed by atoms with Gasteiger partial charge in [0.2, 0.25) is 0 Å². The van der Waals surface area contributed by atoms with Gasteiger partial charge in [-0.25, -0.2) is 4.79 Å². The molecule has 1 atom stereocenters. The zero-order valence-electron chi connectivity index (χ0n) is 12.2. The molecule has 0 saturated carbocycles. The van der Waals surface area contributed by atoms with Crippen LogP contribution in [0.1, 0.15) is 11.1 Å². The van der Waals surface area contributed by atoms with Crippen LogP contribution in [0.3, 0.4) is 0 Å². The molecule has 2 nitrogen and oxygen atoms in total. The number of carbonyl (C=O) groups is 1. The Morgan fingerprint density at radius 2 is 1.68 bits per heavy atom. The average molecular weight is 328 g/mol. The first-order chi connectivity index (χ1) is 10.7. The van der Waals surface area contributed by atoms with Crippen LogP contribution in [0.4, 0.5) is 0 Å². The van der Waals surface area contributed by atoms with Crippen molar-refractivity contribution < 1.29 is 9.53 Å². The van der Waals surface area contributed by atoms with Crippen LogP contribution >= 0.6 is 23.5 Å². The van der Waals surface area contributed by atoms with Crippen molar-refractivity contribution in [3.8, 4) is 0 Å². The first kappa shape index (κ1) is 15.3. The molecule has 4 heteroatoms. The van der Waals surface area contributed by atoms with Crippen LogP contribution in [0.5, 0.6) is 0 Å². The van der Waals surface area contributed by atoms with Gasteiger partial charge in [0, 0.05) is 6.42 Å². The minimum absolute atomic E-state index is 0.216. The monoisotopic (exact) mass is 328 g/mol. The SMILES string of the molecule is COC(=O)C1=CSC(Cc2ccccc2)(c2ccccc2)S1. The number of benzene rings is 2. The van der Waals surface area contributed by atoms with Gasteiger partial charge in [0.15, 0.2) is 0 Å². The predicted molar refractivity (Wildman–Crippen MR) is 93.5 cm³/mol. The maximum Gasteiger partial charge on any atom is 0.344 e. The fourth-order valence-electron chi connectivity index (χ4n) is 2.43. The molecule has 1 unspecified atom stereocenters. The lowest BCUT2D eigenvalue weighted by Gasteiger charge is -2.28. The quantitative estimate of drug-likeness (QED) is 0.768. The van der Waals surface area contributed by atoms with Crippen molar-refractivity contribution >= 4 is 29.5 Å². The fraction of sp³-hybridized carbons (Fsp3) is 0.167. The lowest BCUT2D eigenvalue weighted by molar-refractivity contribution is -0.135. The summed E-state index contributed by atoms with van der Waals surface area (Å²) >= 11 is 3.28. The van der Waals surface area contributed by atoms with Gasteiger partial charge >= 0.3 is 5.97 Å². The molecule has 0 aliphatic carbocycles. The van der Waals surface area contributed by atoms with Gasteiger partial charge in [-0.2, -0.15) is 0 Å². The Hall–Kier alpha value is -1.65. The van der Waals surface area contributed by atoms with Gasteiger partial charge in [-0.3, -0.25) is 0 Å². The molecule has 0 bridgehead atoms. The molecule has 0 radical (unpaired) electrons. The molecule has 1 aliphatic heterocycles. The van der Waals surface area contributed by atoms with Gasteiger partial charge < -0.3 is 4.74 Å². The van der Waals surface area contributed by atoms with Gasteiger partial charge in [0.1, 0.15) is 4.91 Å². The molecule has 22 heavy (non-hydrogen) atoms. The number of rotatable bonds is 4. The number of thioether (sulfide) groups is 2. The van der Waals surface area contributed by atoms with Crippen molar-refractivity contribution in [2.45, 2.75) is 10.5 Å². The molecule has 0 spiro atoms. The molecule has 0 amide bonds. The number of methoxy groups -OCH3 is 1. The standard InChI is InChI=1S/C18H16O2S2/c1-20-17(19)16-13-21-18(22-16,15-10-6-3-7-11-15)12-14-8-4-2-5-9-14/h2-11,13H,12H2,1H3. The van der Waals surface area contributed by atoms with E-state index in [4.69, 9.17) is 4.74 Å². The van der Waals surface area contributed by atoms with E-state index in [1.54, 1.807) is 23.5 Å². The third-order valence-electron chi connectivity index (χ3n) is 3.51. The topological polar surface area (TPSA) is 26.3 Å². The van der Waals surface area contributed by atoms with E-state index in [-0.39, 0.29) is 10.0 Å². The average Bonchev–Trinajstić information content (AvgIpc) is 3.01. The Morgan fingerprint density at radius 3 is 2.32 bits per heavy atom. The molecule has 112 valence electrons. The Bertz CT molecular complexity index is 683. The van der Waals surface area contributed by atoms with Crippen LogP contribution in [-0.2, 0) is 20.0 Å². The molecule has 0 aromatic heterocycles. The summed E-state index contributed by atoms with van der Waals surface area (Å²) < 4.78 is 4.66. The van der Waals surface area contributed by atoms with E-state index in [0.717, 1.165) is 6.42 Å². The maximum atomic E-state index is 11.9. The summed E-state index contributed by atoms with van der Waals surface area (Å²) in [6.07, 6.45) is 0.851. The van der Waals surface area contributed by atoms with Crippen LogP contribution in [0.15, 0.2) is 71.0 Å². The number of hydrogen-bond acceptors (Lipinski definition) is 4. The van der Waals surface area contributed by atoms with Crippen LogP contribution in [0, 0.1) is 0 Å². The van der Waals surface area contributed by atoms with E-state index in [1.165, 1.54) is 18.2 Å². The number of ether oxygens (including phenoxy) is 1. The van der Waals surface area contributed by atoms with Crippen molar-refractivity contribution in [2.24, 2.45) is 0 Å². The van der Waals surface area contributed by atoms with Gasteiger partial charge in [0.25, 0.3) is 0 Å². The Labute approximate surface area is 139 Å². The highest BCUT2D eigenvalue weighted by Crippen LogP contribution is 2.58. The van der Waals surface area contributed by atoms with Crippen LogP contribution in [0.25, 0.3) is 0 Å². The molecule has 1 heterocycles. The number of esters is 1. The van der Waals surface area contributed by atoms with Crippen molar-refractivity contribution in [3.63, 3.8) is 0 Å². The molecule has 0 saturated heterocycles. The van der Waals surface area contributed by atoms with Crippen LogP contribution in [0.2, 0.25) is 0 Å². The van der Waals surface area contributed by atoms with Gasteiger partial charge in [-0.15, -0.1) is 11.8 Å². The number of hydrogen-bond donors (Lipinski definition) is 0. The summed E-state index contributed by atoms with van der Waals surface area (Å²) in [5.41, 5.74) is 2.47. The van der Waals surface area contributed by atoms with E-state index in [2.05, 4.69) is 24.3 Å². The first-order valence-electron chi connectivity index (χ1n) is 6.98. The van der Waals surface area contributed by atoms with Gasteiger partial charge in [-0.1, -0.05) is 72.4 Å². The molecular weight excluding hydrogens is 312 g/mol. The minimum atomic E-state index is -0.261. The summed E-state index contributed by atoms with van der Waals surface area (Å²) in [4.78, 5) is 12.5. The third kappa shape index (κ3) is 3.08. The summed E-state index contributed by atoms with van der Waals surface area (Å²) in [7, 11) is 1.42. The summed E-state index contributed by atoms with van der Waals surface area (Å²) in [5, 5.41) is 1.92.